The van der Waals surface area contributed by atoms with Crippen LogP contribution in [-0.2, 0) is 0 Å². The topological polar surface area (TPSA) is 32.9 Å². The molecule has 5 aromatic carbocycles. The Kier molecular flexibility index (Phi) is 5.86. The van der Waals surface area contributed by atoms with E-state index in [1.54, 1.807) is 0 Å². The average molecular weight is 595 g/mol. The van der Waals surface area contributed by atoms with E-state index >= 15 is 0 Å². The first kappa shape index (κ1) is 25.8. The summed E-state index contributed by atoms with van der Waals surface area (Å²) in [5, 5.41) is 5.13. The summed E-state index contributed by atoms with van der Waals surface area (Å²) in [6.07, 6.45) is 6.74. The molecule has 0 saturated heterocycles. The number of aliphatic imine (C=N–C) groups is 2. The minimum atomic E-state index is -0.206. The summed E-state index contributed by atoms with van der Waals surface area (Å²) in [7, 11) is 2.05. The first-order valence-electron chi connectivity index (χ1n) is 15.1. The summed E-state index contributed by atoms with van der Waals surface area (Å²) < 4.78 is 4.93. The van der Waals surface area contributed by atoms with E-state index < -0.39 is 0 Å². The maximum absolute atomic E-state index is 5.12. The van der Waals surface area contributed by atoms with Crippen molar-refractivity contribution in [2.75, 3.05) is 7.05 Å². The third kappa shape index (κ3) is 4.08. The second-order valence-electron chi connectivity index (χ2n) is 11.4. The van der Waals surface area contributed by atoms with Gasteiger partial charge >= 0.3 is 0 Å². The highest BCUT2D eigenvalue weighted by molar-refractivity contribution is 7.26. The first-order chi connectivity index (χ1) is 22.2. The molecule has 0 N–H and O–H groups in total. The third-order valence-electron chi connectivity index (χ3n) is 8.73. The van der Waals surface area contributed by atoms with Gasteiger partial charge < -0.3 is 9.47 Å². The van der Waals surface area contributed by atoms with Crippen molar-refractivity contribution in [2.24, 2.45) is 9.98 Å². The predicted octanol–water partition coefficient (Wildman–Crippen LogP) is 9.26. The molecular weight excluding hydrogens is 569 g/mol. The lowest BCUT2D eigenvalue weighted by Gasteiger charge is -2.33. The Labute approximate surface area is 264 Å². The quantitative estimate of drug-likeness (QED) is 0.187. The van der Waals surface area contributed by atoms with Gasteiger partial charge in [-0.3, -0.25) is 0 Å². The molecular formula is C40H26N4S. The van der Waals surface area contributed by atoms with Crippen molar-refractivity contribution >= 4 is 65.0 Å². The van der Waals surface area contributed by atoms with Crippen molar-refractivity contribution in [1.29, 1.82) is 0 Å². The Hall–Kier alpha value is -5.66. The highest BCUT2D eigenvalue weighted by Gasteiger charge is 2.28. The number of thiophene rings is 1. The smallest absolute Gasteiger partial charge is 0.167 e. The molecule has 1 aliphatic carbocycles. The molecule has 9 rings (SSSR count). The molecule has 1 unspecified atom stereocenters. The van der Waals surface area contributed by atoms with Crippen LogP contribution in [0.3, 0.4) is 0 Å². The third-order valence-corrected chi connectivity index (χ3v) is 9.94. The Balaban J connectivity index is 1.19. The average Bonchev–Trinajstić information content (AvgIpc) is 3.65. The lowest BCUT2D eigenvalue weighted by atomic mass is 10.0. The minimum absolute atomic E-state index is 0.206. The molecule has 0 spiro atoms. The van der Waals surface area contributed by atoms with Gasteiger partial charge in [-0.05, 0) is 48.9 Å². The number of likely N-dealkylation sites (N-methyl/N-ethyl adjacent to an activating group) is 1. The predicted molar refractivity (Wildman–Crippen MR) is 188 cm³/mol. The maximum atomic E-state index is 5.12. The summed E-state index contributed by atoms with van der Waals surface area (Å²) in [6, 6.07) is 43.3. The summed E-state index contributed by atoms with van der Waals surface area (Å²) in [5.74, 6) is 1.53. The fraction of sp³-hybridized carbons (Fsp3) is 0.0750. The number of hydrogen-bond donors (Lipinski definition) is 0. The van der Waals surface area contributed by atoms with Crippen LogP contribution in [0.4, 0.5) is 0 Å². The van der Waals surface area contributed by atoms with Crippen LogP contribution in [0.1, 0.15) is 17.5 Å². The Morgan fingerprint density at radius 2 is 1.60 bits per heavy atom. The molecule has 1 atom stereocenters. The van der Waals surface area contributed by atoms with Crippen molar-refractivity contribution in [3.8, 4) is 5.69 Å². The monoisotopic (exact) mass is 594 g/mol. The lowest BCUT2D eigenvalue weighted by Crippen LogP contribution is -2.41. The van der Waals surface area contributed by atoms with Crippen LogP contribution < -0.4 is 0 Å². The van der Waals surface area contributed by atoms with Crippen LogP contribution in [-0.4, -0.2) is 34.4 Å². The molecule has 3 heterocycles. The number of rotatable bonds is 4. The van der Waals surface area contributed by atoms with Crippen molar-refractivity contribution in [3.05, 3.63) is 156 Å². The molecule has 7 aromatic rings. The minimum Gasteiger partial charge on any atom is -0.333 e. The van der Waals surface area contributed by atoms with Gasteiger partial charge in [-0.1, -0.05) is 91.0 Å². The molecule has 0 saturated carbocycles. The molecule has 0 radical (unpaired) electrons. The molecule has 2 aromatic heterocycles. The number of fused-ring (bicyclic) bond motifs is 7. The number of amidine groups is 2. The van der Waals surface area contributed by atoms with Crippen LogP contribution in [0.15, 0.2) is 143 Å². The number of hydrogen-bond acceptors (Lipinski definition) is 4. The SMILES string of the molecule is CN1C(c2ccccc2)=NC(c2c#cc(-n3c4ccccc4c4c5sc6ccccc6c5ccc43)cc2)=NC1C1=C=CC=CC1. The number of allylic oxidation sites excluding steroid dienone is 2. The second-order valence-corrected chi connectivity index (χ2v) is 12.4. The summed E-state index contributed by atoms with van der Waals surface area (Å²) in [5.41, 5.74) is 9.65. The molecule has 0 fully saturated rings. The van der Waals surface area contributed by atoms with Gasteiger partial charge in [0.1, 0.15) is 5.84 Å². The molecule has 212 valence electrons. The Morgan fingerprint density at radius 3 is 2.42 bits per heavy atom. The first-order valence-corrected chi connectivity index (χ1v) is 15.9. The van der Waals surface area contributed by atoms with Crippen molar-refractivity contribution in [1.82, 2.24) is 9.47 Å². The largest absolute Gasteiger partial charge is 0.333 e. The van der Waals surface area contributed by atoms with E-state index in [4.69, 9.17) is 9.98 Å². The Bertz CT molecular complexity index is 2450. The summed E-state index contributed by atoms with van der Waals surface area (Å²) in [4.78, 5) is 12.3. The molecule has 0 bridgehead atoms. The number of para-hydroxylation sites is 1. The van der Waals surface area contributed by atoms with Crippen LogP contribution in [0.5, 0.6) is 0 Å². The van der Waals surface area contributed by atoms with Gasteiger partial charge in [-0.15, -0.1) is 17.1 Å². The zero-order valence-corrected chi connectivity index (χ0v) is 25.3. The highest BCUT2D eigenvalue weighted by atomic mass is 32.1. The fourth-order valence-corrected chi connectivity index (χ4v) is 7.87. The van der Waals surface area contributed by atoms with Crippen molar-refractivity contribution < 1.29 is 0 Å². The molecule has 4 nitrogen and oxygen atoms in total. The van der Waals surface area contributed by atoms with Gasteiger partial charge in [0.15, 0.2) is 12.0 Å². The van der Waals surface area contributed by atoms with Crippen LogP contribution in [0.25, 0.3) is 47.7 Å². The van der Waals surface area contributed by atoms with Crippen LogP contribution >= 0.6 is 11.3 Å². The van der Waals surface area contributed by atoms with E-state index in [0.717, 1.165) is 45.7 Å². The second kappa shape index (κ2) is 10.2. The fourth-order valence-electron chi connectivity index (χ4n) is 6.61. The molecule has 45 heavy (non-hydrogen) atoms. The lowest BCUT2D eigenvalue weighted by molar-refractivity contribution is 0.412. The molecule has 5 heteroatoms. The van der Waals surface area contributed by atoms with E-state index in [1.807, 2.05) is 41.7 Å². The van der Waals surface area contributed by atoms with Crippen LogP contribution in [0.2, 0.25) is 0 Å². The van der Waals surface area contributed by atoms with E-state index in [9.17, 15) is 0 Å². The summed E-state index contributed by atoms with van der Waals surface area (Å²) in [6.45, 7) is 0. The summed E-state index contributed by atoms with van der Waals surface area (Å²) >= 11 is 1.87. The van der Waals surface area contributed by atoms with Crippen molar-refractivity contribution in [3.63, 3.8) is 0 Å². The number of benzene rings is 4. The number of aromatic nitrogens is 1. The zero-order valence-electron chi connectivity index (χ0n) is 24.5. The molecule has 0 amide bonds. The van der Waals surface area contributed by atoms with Gasteiger partial charge in [0, 0.05) is 49.1 Å². The highest BCUT2D eigenvalue weighted by Crippen LogP contribution is 2.43. The van der Waals surface area contributed by atoms with E-state index in [-0.39, 0.29) is 6.17 Å². The normalized spacial score (nSPS) is 16.3. The zero-order chi connectivity index (χ0) is 29.9. The van der Waals surface area contributed by atoms with Gasteiger partial charge in [0.05, 0.1) is 22.3 Å². The molecule has 2 aliphatic rings. The van der Waals surface area contributed by atoms with E-state index in [1.165, 1.54) is 30.9 Å². The van der Waals surface area contributed by atoms with Gasteiger partial charge in [0.25, 0.3) is 0 Å². The van der Waals surface area contributed by atoms with Gasteiger partial charge in [-0.2, -0.15) is 0 Å². The van der Waals surface area contributed by atoms with E-state index in [2.05, 4.69) is 125 Å². The van der Waals surface area contributed by atoms with Crippen LogP contribution in [0, 0.1) is 12.1 Å². The standard InChI is InChI=1S/C40H26N4S/c1-43-39(27-12-4-2-5-13-27)41-38(42-40(43)28-14-6-3-7-15-28)26-20-22-29(23-21-26)44-33-18-10-8-17-32(33)36-34(44)25-24-31-30-16-9-11-19-35(30)45-37(31)36/h2-13,16-20,22,24-25,40H,14H2,1H3. The van der Waals surface area contributed by atoms with Gasteiger partial charge in [0.2, 0.25) is 0 Å². The maximum Gasteiger partial charge on any atom is 0.167 e. The molecule has 1 aliphatic heterocycles. The van der Waals surface area contributed by atoms with E-state index in [0.29, 0.717) is 5.84 Å². The van der Waals surface area contributed by atoms with Crippen molar-refractivity contribution in [2.45, 2.75) is 12.6 Å². The van der Waals surface area contributed by atoms with Gasteiger partial charge in [-0.25, -0.2) is 9.98 Å². The Morgan fingerprint density at radius 1 is 0.778 bits per heavy atom. The number of nitrogens with zero attached hydrogens (tertiary/aromatic N) is 4.